The second kappa shape index (κ2) is 9.33. The molecule has 0 saturated carbocycles. The number of hydrogen-bond donors (Lipinski definition) is 2. The molecule has 2 N–H and O–H groups in total. The van der Waals surface area contributed by atoms with Crippen LogP contribution in [-0.4, -0.2) is 27.1 Å². The van der Waals surface area contributed by atoms with Gasteiger partial charge in [0.15, 0.2) is 5.16 Å². The van der Waals surface area contributed by atoms with Crippen molar-refractivity contribution in [2.24, 2.45) is 0 Å². The molecule has 3 aromatic rings. The van der Waals surface area contributed by atoms with Crippen LogP contribution in [0.3, 0.4) is 0 Å². The van der Waals surface area contributed by atoms with Crippen molar-refractivity contribution in [3.63, 3.8) is 0 Å². The van der Waals surface area contributed by atoms with E-state index in [1.165, 1.54) is 42.2 Å². The number of aromatic nitrogens is 3. The van der Waals surface area contributed by atoms with Crippen LogP contribution in [-0.2, 0) is 11.2 Å². The van der Waals surface area contributed by atoms with Gasteiger partial charge in [-0.05, 0) is 49.9 Å². The molecule has 29 heavy (non-hydrogen) atoms. The number of thioether (sulfide) groups is 1. The topological polar surface area (TPSA) is 97.0 Å². The Labute approximate surface area is 170 Å². The second-order valence-electron chi connectivity index (χ2n) is 6.13. The minimum Gasteiger partial charge on any atom is -0.439 e. The third-order valence-corrected chi connectivity index (χ3v) is 4.63. The number of carbonyl (C=O) groups excluding carboxylic acids is 1. The SMILES string of the molecule is CSc1nc(C)c(CCC(=O)Nc2ccc(Oc3ccc(F)cc3)nc2)c(=O)[nH]1. The summed E-state index contributed by atoms with van der Waals surface area (Å²) >= 11 is 1.35. The smallest absolute Gasteiger partial charge is 0.254 e. The zero-order chi connectivity index (χ0) is 20.8. The largest absolute Gasteiger partial charge is 0.439 e. The van der Waals surface area contributed by atoms with Crippen LogP contribution < -0.4 is 15.6 Å². The summed E-state index contributed by atoms with van der Waals surface area (Å²) in [5.41, 5.74) is 1.40. The summed E-state index contributed by atoms with van der Waals surface area (Å²) in [5, 5.41) is 3.28. The third kappa shape index (κ3) is 5.64. The molecule has 9 heteroatoms. The minimum absolute atomic E-state index is 0.137. The van der Waals surface area contributed by atoms with Crippen molar-refractivity contribution < 1.29 is 13.9 Å². The zero-order valence-corrected chi connectivity index (χ0v) is 16.7. The van der Waals surface area contributed by atoms with E-state index in [1.54, 1.807) is 19.1 Å². The molecule has 0 bridgehead atoms. The van der Waals surface area contributed by atoms with Gasteiger partial charge in [-0.25, -0.2) is 14.4 Å². The van der Waals surface area contributed by atoms with Crippen LogP contribution in [0.5, 0.6) is 11.6 Å². The van der Waals surface area contributed by atoms with Crippen LogP contribution in [0.15, 0.2) is 52.5 Å². The lowest BCUT2D eigenvalue weighted by atomic mass is 10.1. The predicted octanol–water partition coefficient (Wildman–Crippen LogP) is 3.70. The number of nitrogens with one attached hydrogen (secondary N) is 2. The quantitative estimate of drug-likeness (QED) is 0.452. The fraction of sp³-hybridized carbons (Fsp3) is 0.200. The molecule has 0 saturated heterocycles. The molecule has 0 aliphatic rings. The van der Waals surface area contributed by atoms with Crippen LogP contribution in [0.25, 0.3) is 0 Å². The molecular formula is C20H19FN4O3S. The summed E-state index contributed by atoms with van der Waals surface area (Å²) in [6.07, 6.45) is 3.71. The predicted molar refractivity (Wildman–Crippen MR) is 109 cm³/mol. The van der Waals surface area contributed by atoms with Gasteiger partial charge in [0.05, 0.1) is 11.9 Å². The van der Waals surface area contributed by atoms with Crippen LogP contribution in [0, 0.1) is 12.7 Å². The lowest BCUT2D eigenvalue weighted by molar-refractivity contribution is -0.116. The van der Waals surface area contributed by atoms with E-state index in [9.17, 15) is 14.0 Å². The second-order valence-corrected chi connectivity index (χ2v) is 6.92. The van der Waals surface area contributed by atoms with E-state index in [4.69, 9.17) is 4.74 Å². The highest BCUT2D eigenvalue weighted by atomic mass is 32.2. The van der Waals surface area contributed by atoms with E-state index in [-0.39, 0.29) is 30.1 Å². The Hall–Kier alpha value is -3.20. The lowest BCUT2D eigenvalue weighted by Crippen LogP contribution is -2.20. The van der Waals surface area contributed by atoms with E-state index in [0.29, 0.717) is 33.7 Å². The minimum atomic E-state index is -0.350. The number of benzene rings is 1. The molecule has 150 valence electrons. The highest BCUT2D eigenvalue weighted by Crippen LogP contribution is 2.20. The molecule has 1 amide bonds. The maximum atomic E-state index is 12.9. The maximum absolute atomic E-state index is 12.9. The number of rotatable bonds is 7. The van der Waals surface area contributed by atoms with E-state index < -0.39 is 0 Å². The number of pyridine rings is 1. The molecule has 0 unspecified atom stereocenters. The first-order valence-corrected chi connectivity index (χ1v) is 10.00. The van der Waals surface area contributed by atoms with Crippen molar-refractivity contribution in [1.82, 2.24) is 15.0 Å². The van der Waals surface area contributed by atoms with Crippen molar-refractivity contribution in [3.8, 4) is 11.6 Å². The highest BCUT2D eigenvalue weighted by Gasteiger charge is 2.11. The van der Waals surface area contributed by atoms with Gasteiger partial charge in [0, 0.05) is 23.7 Å². The number of anilines is 1. The summed E-state index contributed by atoms with van der Waals surface area (Å²) in [6.45, 7) is 1.76. The molecule has 3 rings (SSSR count). The van der Waals surface area contributed by atoms with E-state index >= 15 is 0 Å². The lowest BCUT2D eigenvalue weighted by Gasteiger charge is -2.08. The standard InChI is InChI=1S/C20H19FN4O3S/c1-12-16(19(27)25-20(23-12)29-2)8-9-17(26)24-14-5-10-18(22-11-14)28-15-6-3-13(21)4-7-15/h3-7,10-11H,8-9H2,1-2H3,(H,24,26)(H,23,25,27). The van der Waals surface area contributed by atoms with Gasteiger partial charge in [-0.2, -0.15) is 0 Å². The van der Waals surface area contributed by atoms with Gasteiger partial charge >= 0.3 is 0 Å². The maximum Gasteiger partial charge on any atom is 0.254 e. The van der Waals surface area contributed by atoms with E-state index in [2.05, 4.69) is 20.3 Å². The summed E-state index contributed by atoms with van der Waals surface area (Å²) in [4.78, 5) is 35.4. The van der Waals surface area contributed by atoms with Crippen LogP contribution in [0.1, 0.15) is 17.7 Å². The molecule has 0 atom stereocenters. The number of carbonyl (C=O) groups is 1. The van der Waals surface area contributed by atoms with Crippen molar-refractivity contribution in [2.45, 2.75) is 24.9 Å². The fourth-order valence-electron chi connectivity index (χ4n) is 2.58. The molecular weight excluding hydrogens is 395 g/mol. The van der Waals surface area contributed by atoms with Gasteiger partial charge < -0.3 is 15.0 Å². The number of amides is 1. The van der Waals surface area contributed by atoms with Crippen molar-refractivity contribution in [1.29, 1.82) is 0 Å². The monoisotopic (exact) mass is 414 g/mol. The number of halogens is 1. The van der Waals surface area contributed by atoms with Gasteiger partial charge in [-0.3, -0.25) is 9.59 Å². The normalized spacial score (nSPS) is 10.6. The Balaban J connectivity index is 1.56. The molecule has 0 radical (unpaired) electrons. The first kappa shape index (κ1) is 20.5. The van der Waals surface area contributed by atoms with Crippen LogP contribution in [0.2, 0.25) is 0 Å². The average molecular weight is 414 g/mol. The van der Waals surface area contributed by atoms with Crippen molar-refractivity contribution >= 4 is 23.4 Å². The molecule has 7 nitrogen and oxygen atoms in total. The number of ether oxygens (including phenoxy) is 1. The van der Waals surface area contributed by atoms with E-state index in [1.807, 2.05) is 6.26 Å². The third-order valence-electron chi connectivity index (χ3n) is 4.05. The number of hydrogen-bond acceptors (Lipinski definition) is 6. The summed E-state index contributed by atoms with van der Waals surface area (Å²) in [7, 11) is 0. The Bertz CT molecular complexity index is 1050. The number of nitrogens with zero attached hydrogens (tertiary/aromatic N) is 2. The first-order valence-electron chi connectivity index (χ1n) is 8.77. The van der Waals surface area contributed by atoms with E-state index in [0.717, 1.165) is 0 Å². The van der Waals surface area contributed by atoms with Gasteiger partial charge in [-0.15, -0.1) is 0 Å². The molecule has 0 aliphatic carbocycles. The Kier molecular flexibility index (Phi) is 6.61. The Morgan fingerprint density at radius 2 is 2.00 bits per heavy atom. The van der Waals surface area contributed by atoms with Gasteiger partial charge in [0.1, 0.15) is 11.6 Å². The number of H-pyrrole nitrogens is 1. The van der Waals surface area contributed by atoms with Crippen LogP contribution >= 0.6 is 11.8 Å². The Morgan fingerprint density at radius 3 is 2.62 bits per heavy atom. The van der Waals surface area contributed by atoms with Crippen molar-refractivity contribution in [2.75, 3.05) is 11.6 Å². The molecule has 2 heterocycles. The zero-order valence-electron chi connectivity index (χ0n) is 15.9. The molecule has 2 aromatic heterocycles. The fourth-order valence-corrected chi connectivity index (χ4v) is 3.00. The summed E-state index contributed by atoms with van der Waals surface area (Å²) in [5.74, 6) is 0.178. The molecule has 0 aliphatic heterocycles. The first-order chi connectivity index (χ1) is 13.9. The van der Waals surface area contributed by atoms with Gasteiger partial charge in [-0.1, -0.05) is 11.8 Å². The summed E-state index contributed by atoms with van der Waals surface area (Å²) < 4.78 is 18.4. The van der Waals surface area contributed by atoms with Gasteiger partial charge in [0.2, 0.25) is 11.8 Å². The molecule has 1 aromatic carbocycles. The Morgan fingerprint density at radius 1 is 1.24 bits per heavy atom. The molecule has 0 fully saturated rings. The number of aryl methyl sites for hydroxylation is 1. The number of aromatic amines is 1. The van der Waals surface area contributed by atoms with Gasteiger partial charge in [0.25, 0.3) is 5.56 Å². The summed E-state index contributed by atoms with van der Waals surface area (Å²) in [6, 6.07) is 8.82. The molecule has 0 spiro atoms. The van der Waals surface area contributed by atoms with Crippen molar-refractivity contribution in [3.05, 3.63) is 70.0 Å². The highest BCUT2D eigenvalue weighted by molar-refractivity contribution is 7.98. The van der Waals surface area contributed by atoms with Crippen LogP contribution in [0.4, 0.5) is 10.1 Å². The average Bonchev–Trinajstić information content (AvgIpc) is 2.70.